The molecule has 0 radical (unpaired) electrons. The van der Waals surface area contributed by atoms with Gasteiger partial charge in [-0.15, -0.1) is 0 Å². The molecule has 2 aliphatic rings. The van der Waals surface area contributed by atoms with Crippen molar-refractivity contribution in [2.45, 2.75) is 19.4 Å². The van der Waals surface area contributed by atoms with Crippen molar-refractivity contribution in [3.8, 4) is 28.7 Å². The lowest BCUT2D eigenvalue weighted by Gasteiger charge is -2.26. The molecule has 2 aliphatic heterocycles. The average Bonchev–Trinajstić information content (AvgIpc) is 3.24. The van der Waals surface area contributed by atoms with Crippen molar-refractivity contribution >= 4 is 60.3 Å². The van der Waals surface area contributed by atoms with Crippen LogP contribution >= 0.6 is 17.2 Å². The fourth-order valence-electron chi connectivity index (χ4n) is 7.95. The summed E-state index contributed by atoms with van der Waals surface area (Å²) in [7, 11) is -3.90. The molecule has 7 nitrogen and oxygen atoms in total. The predicted molar refractivity (Wildman–Crippen MR) is 227 cm³/mol. The largest absolute Gasteiger partial charge is 0.530 e. The minimum atomic E-state index is -1.98. The molecule has 276 valence electrons. The Bertz CT molecular complexity index is 2830. The van der Waals surface area contributed by atoms with E-state index in [9.17, 15) is 0 Å². The summed E-state index contributed by atoms with van der Waals surface area (Å²) in [5.41, 5.74) is 4.91. The molecule has 57 heavy (non-hydrogen) atoms. The molecule has 0 aliphatic carbocycles. The zero-order chi connectivity index (χ0) is 37.7. The van der Waals surface area contributed by atoms with Crippen LogP contribution in [0.15, 0.2) is 164 Å². The van der Waals surface area contributed by atoms with E-state index < -0.39 is 17.2 Å². The van der Waals surface area contributed by atoms with Crippen LogP contribution in [0, 0.1) is 0 Å². The second-order valence-electron chi connectivity index (χ2n) is 14.0. The van der Waals surface area contributed by atoms with Gasteiger partial charge in [-0.1, -0.05) is 121 Å². The highest BCUT2D eigenvalue weighted by atomic mass is 31.2. The Labute approximate surface area is 331 Å². The first-order valence-electron chi connectivity index (χ1n) is 18.8. The van der Waals surface area contributed by atoms with E-state index in [1.807, 2.05) is 36.4 Å². The van der Waals surface area contributed by atoms with E-state index >= 15 is 0 Å². The van der Waals surface area contributed by atoms with E-state index in [0.717, 1.165) is 88.3 Å². The van der Waals surface area contributed by atoms with Crippen LogP contribution < -0.4 is 22.6 Å². The normalized spacial score (nSPS) is 14.0. The van der Waals surface area contributed by atoms with Gasteiger partial charge in [0.05, 0.1) is 0 Å². The summed E-state index contributed by atoms with van der Waals surface area (Å²) < 4.78 is 39.7. The lowest BCUT2D eigenvalue weighted by molar-refractivity contribution is 0.248. The highest BCUT2D eigenvalue weighted by Crippen LogP contribution is 2.52. The highest BCUT2D eigenvalue weighted by molar-refractivity contribution is 7.43. The molecule has 0 spiro atoms. The monoisotopic (exact) mass is 781 g/mol. The SMILES string of the molecule is c1cnc(COP2Oc3ccc4ccccc4c3Cc3c(ccc4ccccc34)O2)c(OP2Oc3ccc4ccccc4c3Cc3c(ccc4ccccc34)O2)c1. The smallest absolute Gasteiger partial charge is 0.417 e. The van der Waals surface area contributed by atoms with Crippen molar-refractivity contribution in [3.05, 3.63) is 192 Å². The number of hydrogen-bond acceptors (Lipinski definition) is 7. The second kappa shape index (κ2) is 14.4. The summed E-state index contributed by atoms with van der Waals surface area (Å²) in [6.45, 7) is 0.0549. The highest BCUT2D eigenvalue weighted by Gasteiger charge is 2.31. The van der Waals surface area contributed by atoms with Gasteiger partial charge in [-0.25, -0.2) is 0 Å². The van der Waals surface area contributed by atoms with Crippen molar-refractivity contribution in [2.24, 2.45) is 0 Å². The van der Waals surface area contributed by atoms with Crippen LogP contribution in [0.4, 0.5) is 0 Å². The number of hydrogen-bond donors (Lipinski definition) is 0. The number of aromatic nitrogens is 1. The number of fused-ring (bicyclic) bond motifs is 12. The summed E-state index contributed by atoms with van der Waals surface area (Å²) in [5, 5.41) is 9.12. The van der Waals surface area contributed by atoms with Crippen LogP contribution in [0.3, 0.4) is 0 Å². The maximum atomic E-state index is 6.66. The van der Waals surface area contributed by atoms with Gasteiger partial charge in [-0.2, -0.15) is 0 Å². The Hall–Kier alpha value is -6.23. The number of pyridine rings is 1. The molecule has 0 N–H and O–H groups in total. The summed E-state index contributed by atoms with van der Waals surface area (Å²) in [6, 6.07) is 53.7. The molecule has 0 bridgehead atoms. The molecule has 3 heterocycles. The van der Waals surface area contributed by atoms with Crippen LogP contribution in [0.1, 0.15) is 27.9 Å². The van der Waals surface area contributed by atoms with Gasteiger partial charge in [-0.05, 0) is 79.5 Å². The molecule has 0 saturated carbocycles. The van der Waals surface area contributed by atoms with E-state index in [4.69, 9.17) is 32.1 Å². The molecule has 9 heteroatoms. The fraction of sp³-hybridized carbons (Fsp3) is 0.0625. The maximum absolute atomic E-state index is 6.66. The minimum absolute atomic E-state index is 0.0549. The van der Waals surface area contributed by atoms with Crippen LogP contribution in [0.25, 0.3) is 43.1 Å². The molecule has 0 saturated heterocycles. The van der Waals surface area contributed by atoms with Crippen LogP contribution in [-0.4, -0.2) is 4.98 Å². The number of rotatable bonds is 5. The Kier molecular flexibility index (Phi) is 8.58. The molecule has 11 rings (SSSR count). The van der Waals surface area contributed by atoms with Gasteiger partial charge in [0, 0.05) is 41.3 Å². The van der Waals surface area contributed by atoms with Crippen molar-refractivity contribution in [1.29, 1.82) is 0 Å². The van der Waals surface area contributed by atoms with Crippen LogP contribution in [-0.2, 0) is 24.0 Å². The van der Waals surface area contributed by atoms with Crippen molar-refractivity contribution in [3.63, 3.8) is 0 Å². The van der Waals surface area contributed by atoms with E-state index in [0.29, 0.717) is 24.3 Å². The number of nitrogens with zero attached hydrogens (tertiary/aromatic N) is 1. The molecule has 0 fully saturated rings. The third kappa shape index (κ3) is 6.35. The van der Waals surface area contributed by atoms with Gasteiger partial charge >= 0.3 is 17.2 Å². The first kappa shape index (κ1) is 34.1. The van der Waals surface area contributed by atoms with Gasteiger partial charge in [0.1, 0.15) is 35.3 Å². The number of benzene rings is 8. The Morgan fingerprint density at radius 2 is 0.807 bits per heavy atom. The third-order valence-electron chi connectivity index (χ3n) is 10.7. The maximum Gasteiger partial charge on any atom is 0.530 e. The van der Waals surface area contributed by atoms with Gasteiger partial charge in [0.2, 0.25) is 0 Å². The summed E-state index contributed by atoms with van der Waals surface area (Å²) in [5.74, 6) is 3.38. The molecular weight excluding hydrogens is 748 g/mol. The van der Waals surface area contributed by atoms with Gasteiger partial charge in [0.25, 0.3) is 0 Å². The fourth-order valence-corrected chi connectivity index (χ4v) is 10.1. The Morgan fingerprint density at radius 3 is 1.23 bits per heavy atom. The Morgan fingerprint density at radius 1 is 0.421 bits per heavy atom. The predicted octanol–water partition coefficient (Wildman–Crippen LogP) is 13.2. The van der Waals surface area contributed by atoms with Gasteiger partial charge in [0.15, 0.2) is 5.75 Å². The molecular formula is C48H33NO6P2. The van der Waals surface area contributed by atoms with Gasteiger partial charge < -0.3 is 22.6 Å². The summed E-state index contributed by atoms with van der Waals surface area (Å²) >= 11 is 0. The lowest BCUT2D eigenvalue weighted by atomic mass is 9.93. The summed E-state index contributed by atoms with van der Waals surface area (Å²) in [4.78, 5) is 4.70. The molecule has 0 atom stereocenters. The zero-order valence-electron chi connectivity index (χ0n) is 30.5. The van der Waals surface area contributed by atoms with Crippen molar-refractivity contribution in [1.82, 2.24) is 4.98 Å². The average molecular weight is 782 g/mol. The third-order valence-corrected chi connectivity index (χ3v) is 12.8. The molecule has 1 aromatic heterocycles. The zero-order valence-corrected chi connectivity index (χ0v) is 32.3. The molecule has 8 aromatic carbocycles. The molecule has 0 unspecified atom stereocenters. The van der Waals surface area contributed by atoms with Crippen LogP contribution in [0.2, 0.25) is 0 Å². The van der Waals surface area contributed by atoms with E-state index in [1.54, 1.807) is 6.20 Å². The van der Waals surface area contributed by atoms with E-state index in [-0.39, 0.29) is 6.61 Å². The lowest BCUT2D eigenvalue weighted by Crippen LogP contribution is -2.11. The standard InChI is InChI=1S/C48H33NO6P2/c1-5-14-35-31(10-1)19-23-44-39(35)28-40-36-15-6-2-11-32(36)20-24-45(40)52-56(51-44)50-30-43-48(18-9-27-49-43)55-57-53-46-25-21-33-12-3-7-16-37(33)41(46)29-42-38-17-8-4-13-34(38)22-26-47(42)54-57/h1-27H,28-30H2. The second-order valence-corrected chi connectivity index (χ2v) is 16.1. The van der Waals surface area contributed by atoms with Crippen molar-refractivity contribution in [2.75, 3.05) is 0 Å². The van der Waals surface area contributed by atoms with Crippen LogP contribution in [0.5, 0.6) is 28.7 Å². The minimum Gasteiger partial charge on any atom is -0.417 e. The first-order valence-corrected chi connectivity index (χ1v) is 21.0. The first-order chi connectivity index (χ1) is 28.2. The Balaban J connectivity index is 0.932. The van der Waals surface area contributed by atoms with Crippen molar-refractivity contribution < 1.29 is 27.1 Å². The topological polar surface area (TPSA) is 68.3 Å². The molecule has 9 aromatic rings. The van der Waals surface area contributed by atoms with E-state index in [1.165, 1.54) is 0 Å². The quantitative estimate of drug-likeness (QED) is 0.161. The summed E-state index contributed by atoms with van der Waals surface area (Å²) in [6.07, 6.45) is 3.01. The van der Waals surface area contributed by atoms with Gasteiger partial charge in [-0.3, -0.25) is 9.51 Å². The van der Waals surface area contributed by atoms with E-state index in [2.05, 4.69) is 121 Å². The molecule has 0 amide bonds.